The number of aliphatic hydroxyl groups is 1. The molecule has 0 bridgehead atoms. The van der Waals surface area contributed by atoms with Gasteiger partial charge >= 0.3 is 6.03 Å². The van der Waals surface area contributed by atoms with Gasteiger partial charge in [0.1, 0.15) is 18.2 Å². The molecule has 2 N–H and O–H groups in total. The lowest BCUT2D eigenvalue weighted by Crippen LogP contribution is -2.38. The molecule has 1 aromatic carbocycles. The fraction of sp³-hybridized carbons (Fsp3) is 0.235. The van der Waals surface area contributed by atoms with Gasteiger partial charge in [-0.3, -0.25) is 5.32 Å². The summed E-state index contributed by atoms with van der Waals surface area (Å²) in [6.45, 7) is 0.411. The summed E-state index contributed by atoms with van der Waals surface area (Å²) < 4.78 is 6.68. The third-order valence-corrected chi connectivity index (χ3v) is 3.70. The topological polar surface area (TPSA) is 96.4 Å². The molecule has 0 aliphatic rings. The van der Waals surface area contributed by atoms with Gasteiger partial charge < -0.3 is 14.4 Å². The lowest BCUT2D eigenvalue weighted by Gasteiger charge is -2.24. The van der Waals surface area contributed by atoms with E-state index < -0.39 is 6.10 Å². The molecule has 0 aliphatic carbocycles. The van der Waals surface area contributed by atoms with Crippen LogP contribution in [0, 0.1) is 0 Å². The monoisotopic (exact) mass is 341 g/mol. The number of aryl methyl sites for hydroxylation is 1. The zero-order chi connectivity index (χ0) is 17.6. The summed E-state index contributed by atoms with van der Waals surface area (Å²) in [4.78, 5) is 18.1. The number of benzene rings is 1. The van der Waals surface area contributed by atoms with Crippen molar-refractivity contribution in [3.05, 3.63) is 66.4 Å². The van der Waals surface area contributed by atoms with Crippen LogP contribution in [0.3, 0.4) is 0 Å². The molecule has 3 aromatic rings. The smallest absolute Gasteiger partial charge is 0.324 e. The lowest BCUT2D eigenvalue weighted by atomic mass is 10.2. The molecule has 130 valence electrons. The molecule has 2 heterocycles. The van der Waals surface area contributed by atoms with Gasteiger partial charge in [0.2, 0.25) is 5.95 Å². The van der Waals surface area contributed by atoms with E-state index in [-0.39, 0.29) is 12.6 Å². The number of hydrogen-bond acceptors (Lipinski definition) is 5. The number of carbonyl (C=O) groups is 1. The number of rotatable bonds is 6. The highest BCUT2D eigenvalue weighted by atomic mass is 16.4. The first-order chi connectivity index (χ1) is 12.1. The molecule has 25 heavy (non-hydrogen) atoms. The average molecular weight is 341 g/mol. The van der Waals surface area contributed by atoms with Crippen molar-refractivity contribution in [2.24, 2.45) is 7.05 Å². The Hall–Kier alpha value is -3.13. The van der Waals surface area contributed by atoms with Crippen LogP contribution in [0.1, 0.15) is 17.4 Å². The van der Waals surface area contributed by atoms with E-state index in [9.17, 15) is 9.90 Å². The van der Waals surface area contributed by atoms with Crippen molar-refractivity contribution in [2.45, 2.75) is 12.6 Å². The molecule has 0 fully saturated rings. The van der Waals surface area contributed by atoms with E-state index in [1.54, 1.807) is 19.2 Å². The molecular weight excluding hydrogens is 322 g/mol. The maximum absolute atomic E-state index is 12.7. The number of carbonyl (C=O) groups excluding carboxylic acids is 1. The van der Waals surface area contributed by atoms with E-state index in [2.05, 4.69) is 15.4 Å². The van der Waals surface area contributed by atoms with Crippen molar-refractivity contribution >= 4 is 12.0 Å². The summed E-state index contributed by atoms with van der Waals surface area (Å²) in [7, 11) is 1.68. The Morgan fingerprint density at radius 1 is 1.32 bits per heavy atom. The minimum Gasteiger partial charge on any atom is -0.467 e. The van der Waals surface area contributed by atoms with Gasteiger partial charge in [0.15, 0.2) is 0 Å². The van der Waals surface area contributed by atoms with Crippen LogP contribution in [-0.4, -0.2) is 37.3 Å². The van der Waals surface area contributed by atoms with Gasteiger partial charge in [0.05, 0.1) is 12.8 Å². The van der Waals surface area contributed by atoms with E-state index in [0.29, 0.717) is 18.3 Å². The Labute approximate surface area is 144 Å². The summed E-state index contributed by atoms with van der Waals surface area (Å²) in [5.74, 6) is 0.736. The highest BCUT2D eigenvalue weighted by Crippen LogP contribution is 2.17. The third kappa shape index (κ3) is 4.24. The molecule has 1 atom stereocenters. The van der Waals surface area contributed by atoms with Crippen LogP contribution in [0.2, 0.25) is 0 Å². The first-order valence-electron chi connectivity index (χ1n) is 7.79. The van der Waals surface area contributed by atoms with Crippen LogP contribution in [-0.2, 0) is 13.6 Å². The van der Waals surface area contributed by atoms with Crippen molar-refractivity contribution in [2.75, 3.05) is 11.9 Å². The Kier molecular flexibility index (Phi) is 5.10. The highest BCUT2D eigenvalue weighted by molar-refractivity contribution is 5.87. The largest absolute Gasteiger partial charge is 0.467 e. The molecule has 0 aliphatic heterocycles. The van der Waals surface area contributed by atoms with E-state index in [1.807, 2.05) is 30.3 Å². The Bertz CT molecular complexity index is 801. The van der Waals surface area contributed by atoms with Crippen LogP contribution in [0.15, 0.2) is 59.5 Å². The number of hydrogen-bond donors (Lipinski definition) is 2. The second kappa shape index (κ2) is 7.63. The molecule has 3 rings (SSSR count). The Morgan fingerprint density at radius 2 is 2.12 bits per heavy atom. The van der Waals surface area contributed by atoms with E-state index >= 15 is 0 Å². The second-order valence-corrected chi connectivity index (χ2v) is 5.53. The third-order valence-electron chi connectivity index (χ3n) is 3.70. The predicted molar refractivity (Wildman–Crippen MR) is 90.5 cm³/mol. The van der Waals surface area contributed by atoms with Gasteiger partial charge in [-0.2, -0.15) is 10.1 Å². The van der Waals surface area contributed by atoms with Crippen LogP contribution in [0.4, 0.5) is 10.7 Å². The predicted octanol–water partition coefficient (Wildman–Crippen LogP) is 2.18. The van der Waals surface area contributed by atoms with Crippen molar-refractivity contribution in [3.63, 3.8) is 0 Å². The van der Waals surface area contributed by atoms with Gasteiger partial charge in [-0.15, -0.1) is 0 Å². The maximum atomic E-state index is 12.7. The minimum atomic E-state index is -0.927. The maximum Gasteiger partial charge on any atom is 0.324 e. The molecule has 0 spiro atoms. The highest BCUT2D eigenvalue weighted by Gasteiger charge is 2.21. The average Bonchev–Trinajstić information content (AvgIpc) is 3.28. The van der Waals surface area contributed by atoms with Crippen LogP contribution >= 0.6 is 0 Å². The van der Waals surface area contributed by atoms with Gasteiger partial charge in [-0.1, -0.05) is 30.3 Å². The number of amides is 2. The molecule has 0 saturated carbocycles. The van der Waals surface area contributed by atoms with Gasteiger partial charge in [-0.25, -0.2) is 9.48 Å². The van der Waals surface area contributed by atoms with Crippen molar-refractivity contribution in [3.8, 4) is 0 Å². The molecule has 8 heteroatoms. The Balaban J connectivity index is 1.75. The number of nitrogens with zero attached hydrogens (tertiary/aromatic N) is 4. The first kappa shape index (κ1) is 16.7. The van der Waals surface area contributed by atoms with E-state index in [4.69, 9.17) is 4.42 Å². The number of furan rings is 1. The van der Waals surface area contributed by atoms with E-state index in [0.717, 1.165) is 5.56 Å². The van der Waals surface area contributed by atoms with Crippen molar-refractivity contribution in [1.29, 1.82) is 0 Å². The minimum absolute atomic E-state index is 0.0755. The molecular formula is C17H19N5O3. The zero-order valence-corrected chi connectivity index (χ0v) is 13.7. The molecule has 1 unspecified atom stereocenters. The van der Waals surface area contributed by atoms with Crippen molar-refractivity contribution < 1.29 is 14.3 Å². The normalized spacial score (nSPS) is 11.9. The second-order valence-electron chi connectivity index (χ2n) is 5.53. The zero-order valence-electron chi connectivity index (χ0n) is 13.7. The van der Waals surface area contributed by atoms with E-state index in [1.165, 1.54) is 22.2 Å². The van der Waals surface area contributed by atoms with Crippen LogP contribution < -0.4 is 5.32 Å². The molecule has 2 amide bonds. The van der Waals surface area contributed by atoms with Crippen LogP contribution in [0.5, 0.6) is 0 Å². The van der Waals surface area contributed by atoms with Gasteiger partial charge in [0.25, 0.3) is 0 Å². The summed E-state index contributed by atoms with van der Waals surface area (Å²) >= 11 is 0. The Morgan fingerprint density at radius 3 is 2.76 bits per heavy atom. The summed E-state index contributed by atoms with van der Waals surface area (Å²) in [5, 5.41) is 17.0. The fourth-order valence-electron chi connectivity index (χ4n) is 2.39. The first-order valence-corrected chi connectivity index (χ1v) is 7.79. The summed E-state index contributed by atoms with van der Waals surface area (Å²) in [6.07, 6.45) is 1.91. The number of urea groups is 1. The summed E-state index contributed by atoms with van der Waals surface area (Å²) in [6, 6.07) is 12.5. The fourth-order valence-corrected chi connectivity index (χ4v) is 2.39. The molecule has 0 saturated heterocycles. The SMILES string of the molecule is Cn1ncnc1NC(=O)N(Cc1ccccc1)CC(O)c1ccco1. The molecule has 2 aromatic heterocycles. The number of aliphatic hydroxyl groups excluding tert-OH is 1. The quantitative estimate of drug-likeness (QED) is 0.716. The number of anilines is 1. The number of nitrogens with one attached hydrogen (secondary N) is 1. The van der Waals surface area contributed by atoms with Gasteiger partial charge in [0, 0.05) is 13.6 Å². The van der Waals surface area contributed by atoms with Crippen LogP contribution in [0.25, 0.3) is 0 Å². The van der Waals surface area contributed by atoms with Gasteiger partial charge in [-0.05, 0) is 17.7 Å². The summed E-state index contributed by atoms with van der Waals surface area (Å²) in [5.41, 5.74) is 0.947. The molecule has 8 nitrogen and oxygen atoms in total. The lowest BCUT2D eigenvalue weighted by molar-refractivity contribution is 0.105. The standard InChI is InChI=1S/C17H19N5O3/c1-21-16(18-12-19-21)20-17(24)22(10-13-6-3-2-4-7-13)11-14(23)15-8-5-9-25-15/h2-9,12,14,23H,10-11H2,1H3,(H,18,19,20,24). The molecule has 0 radical (unpaired) electrons. The number of aromatic nitrogens is 3. The van der Waals surface area contributed by atoms with Crippen molar-refractivity contribution in [1.82, 2.24) is 19.7 Å².